The molecule has 0 radical (unpaired) electrons. The molecule has 6 nitrogen and oxygen atoms in total. The first-order valence-corrected chi connectivity index (χ1v) is 9.77. The zero-order chi connectivity index (χ0) is 21.5. The quantitative estimate of drug-likeness (QED) is 0.593. The molecule has 0 aliphatic carbocycles. The molecule has 2 aromatic carbocycles. The summed E-state index contributed by atoms with van der Waals surface area (Å²) in [6, 6.07) is 14.3. The molecule has 154 valence electrons. The second-order valence-corrected chi connectivity index (χ2v) is 7.21. The summed E-state index contributed by atoms with van der Waals surface area (Å²) >= 11 is 6.14. The van der Waals surface area contributed by atoms with E-state index in [1.807, 2.05) is 26.0 Å². The van der Waals surface area contributed by atoms with Gasteiger partial charge < -0.3 is 15.4 Å². The number of nitrogens with one attached hydrogen (secondary N) is 2. The van der Waals surface area contributed by atoms with E-state index in [0.717, 1.165) is 16.7 Å². The number of hydrogen-bond donors (Lipinski definition) is 2. The predicted molar refractivity (Wildman–Crippen MR) is 117 cm³/mol. The second kappa shape index (κ2) is 9.89. The zero-order valence-electron chi connectivity index (χ0n) is 16.7. The van der Waals surface area contributed by atoms with E-state index < -0.39 is 0 Å². The predicted octanol–water partition coefficient (Wildman–Crippen LogP) is 4.30. The monoisotopic (exact) mass is 423 g/mol. The summed E-state index contributed by atoms with van der Waals surface area (Å²) < 4.78 is 5.56. The van der Waals surface area contributed by atoms with Gasteiger partial charge in [0.15, 0.2) is 6.61 Å². The van der Waals surface area contributed by atoms with Gasteiger partial charge in [0.1, 0.15) is 5.75 Å². The van der Waals surface area contributed by atoms with E-state index >= 15 is 0 Å². The third-order valence-electron chi connectivity index (χ3n) is 4.39. The van der Waals surface area contributed by atoms with E-state index in [0.29, 0.717) is 28.6 Å². The number of carbonyl (C=O) groups excluding carboxylic acids is 2. The summed E-state index contributed by atoms with van der Waals surface area (Å²) in [5, 5.41) is 6.31. The first-order valence-electron chi connectivity index (χ1n) is 9.39. The molecule has 30 heavy (non-hydrogen) atoms. The summed E-state index contributed by atoms with van der Waals surface area (Å²) in [5.74, 6) is 0.146. The van der Waals surface area contributed by atoms with Crippen LogP contribution in [0.2, 0.25) is 5.02 Å². The normalized spacial score (nSPS) is 10.4. The molecule has 7 heteroatoms. The lowest BCUT2D eigenvalue weighted by molar-refractivity contribution is -0.118. The molecular formula is C23H22ClN3O3. The van der Waals surface area contributed by atoms with Crippen LogP contribution in [0.25, 0.3) is 0 Å². The minimum atomic E-state index is -0.266. The van der Waals surface area contributed by atoms with Gasteiger partial charge in [-0.2, -0.15) is 0 Å². The van der Waals surface area contributed by atoms with Crippen molar-refractivity contribution in [3.8, 4) is 5.75 Å². The van der Waals surface area contributed by atoms with E-state index in [1.165, 1.54) is 6.20 Å². The Morgan fingerprint density at radius 2 is 1.77 bits per heavy atom. The highest BCUT2D eigenvalue weighted by atomic mass is 35.5. The SMILES string of the molecule is Cc1cc(OCC(=O)Nc2ccc(CNC(=O)c3cccnc3)cc2)cc(C)c1Cl. The summed E-state index contributed by atoms with van der Waals surface area (Å²) in [6.07, 6.45) is 3.13. The van der Waals surface area contributed by atoms with Crippen molar-refractivity contribution in [1.29, 1.82) is 0 Å². The Morgan fingerprint density at radius 1 is 1.07 bits per heavy atom. The van der Waals surface area contributed by atoms with Crippen molar-refractivity contribution in [1.82, 2.24) is 10.3 Å². The fraction of sp³-hybridized carbons (Fsp3) is 0.174. The van der Waals surface area contributed by atoms with E-state index in [9.17, 15) is 9.59 Å². The van der Waals surface area contributed by atoms with Crippen LogP contribution in [0.1, 0.15) is 27.0 Å². The molecular weight excluding hydrogens is 402 g/mol. The molecule has 3 rings (SSSR count). The maximum Gasteiger partial charge on any atom is 0.262 e. The molecule has 1 heterocycles. The van der Waals surface area contributed by atoms with Crippen LogP contribution in [0.15, 0.2) is 60.9 Å². The van der Waals surface area contributed by atoms with Gasteiger partial charge in [-0.3, -0.25) is 14.6 Å². The van der Waals surface area contributed by atoms with Gasteiger partial charge in [0, 0.05) is 29.6 Å². The minimum Gasteiger partial charge on any atom is -0.484 e. The highest BCUT2D eigenvalue weighted by Crippen LogP contribution is 2.25. The molecule has 2 amide bonds. The molecule has 0 saturated carbocycles. The number of anilines is 1. The molecule has 0 unspecified atom stereocenters. The zero-order valence-corrected chi connectivity index (χ0v) is 17.5. The van der Waals surface area contributed by atoms with Crippen LogP contribution in [0, 0.1) is 13.8 Å². The van der Waals surface area contributed by atoms with Gasteiger partial charge in [0.05, 0.1) is 5.56 Å². The van der Waals surface area contributed by atoms with Gasteiger partial charge in [-0.25, -0.2) is 0 Å². The first-order chi connectivity index (χ1) is 14.4. The van der Waals surface area contributed by atoms with Crippen molar-refractivity contribution in [2.24, 2.45) is 0 Å². The Hall–Kier alpha value is -3.38. The van der Waals surface area contributed by atoms with Gasteiger partial charge >= 0.3 is 0 Å². The number of benzene rings is 2. The number of halogens is 1. The molecule has 2 N–H and O–H groups in total. The van der Waals surface area contributed by atoms with Crippen LogP contribution in [-0.2, 0) is 11.3 Å². The smallest absolute Gasteiger partial charge is 0.262 e. The van der Waals surface area contributed by atoms with Gasteiger partial charge in [0.2, 0.25) is 0 Å². The van der Waals surface area contributed by atoms with Crippen LogP contribution in [0.3, 0.4) is 0 Å². The lowest BCUT2D eigenvalue weighted by Crippen LogP contribution is -2.23. The Bertz CT molecular complexity index is 1010. The summed E-state index contributed by atoms with van der Waals surface area (Å²) in [7, 11) is 0. The van der Waals surface area contributed by atoms with Crippen molar-refractivity contribution in [3.05, 3.63) is 88.2 Å². The van der Waals surface area contributed by atoms with Gasteiger partial charge in [-0.05, 0) is 66.9 Å². The third kappa shape index (κ3) is 5.81. The number of rotatable bonds is 7. The average molecular weight is 424 g/mol. The van der Waals surface area contributed by atoms with Crippen LogP contribution in [-0.4, -0.2) is 23.4 Å². The molecule has 0 saturated heterocycles. The van der Waals surface area contributed by atoms with Crippen molar-refractivity contribution < 1.29 is 14.3 Å². The van der Waals surface area contributed by atoms with Crippen molar-refractivity contribution in [2.45, 2.75) is 20.4 Å². The number of aromatic nitrogens is 1. The molecule has 0 atom stereocenters. The number of carbonyl (C=O) groups is 2. The molecule has 0 bridgehead atoms. The molecule has 0 fully saturated rings. The van der Waals surface area contributed by atoms with E-state index in [1.54, 1.807) is 42.6 Å². The first kappa shape index (κ1) is 21.3. The van der Waals surface area contributed by atoms with Gasteiger partial charge in [0.25, 0.3) is 11.8 Å². The maximum atomic E-state index is 12.2. The Balaban J connectivity index is 1.48. The lowest BCUT2D eigenvalue weighted by Gasteiger charge is -2.11. The maximum absolute atomic E-state index is 12.2. The summed E-state index contributed by atoms with van der Waals surface area (Å²) in [4.78, 5) is 28.1. The largest absolute Gasteiger partial charge is 0.484 e. The Kier molecular flexibility index (Phi) is 7.03. The molecule has 0 spiro atoms. The van der Waals surface area contributed by atoms with E-state index in [-0.39, 0.29) is 18.4 Å². The highest BCUT2D eigenvalue weighted by molar-refractivity contribution is 6.32. The van der Waals surface area contributed by atoms with Crippen LogP contribution in [0.4, 0.5) is 5.69 Å². The topological polar surface area (TPSA) is 80.3 Å². The number of pyridine rings is 1. The van der Waals surface area contributed by atoms with E-state index in [2.05, 4.69) is 15.6 Å². The van der Waals surface area contributed by atoms with Gasteiger partial charge in [-0.15, -0.1) is 0 Å². The fourth-order valence-electron chi connectivity index (χ4n) is 2.82. The third-order valence-corrected chi connectivity index (χ3v) is 4.99. The van der Waals surface area contributed by atoms with Crippen molar-refractivity contribution in [3.63, 3.8) is 0 Å². The molecule has 1 aromatic heterocycles. The molecule has 3 aromatic rings. The van der Waals surface area contributed by atoms with Crippen LogP contribution < -0.4 is 15.4 Å². The highest BCUT2D eigenvalue weighted by Gasteiger charge is 2.08. The minimum absolute atomic E-state index is 0.108. The summed E-state index contributed by atoms with van der Waals surface area (Å²) in [5.41, 5.74) is 3.87. The van der Waals surface area contributed by atoms with Crippen molar-refractivity contribution in [2.75, 3.05) is 11.9 Å². The molecule has 0 aliphatic rings. The van der Waals surface area contributed by atoms with Gasteiger partial charge in [-0.1, -0.05) is 23.7 Å². The number of ether oxygens (including phenoxy) is 1. The average Bonchev–Trinajstić information content (AvgIpc) is 2.76. The van der Waals surface area contributed by atoms with Crippen LogP contribution in [0.5, 0.6) is 5.75 Å². The van der Waals surface area contributed by atoms with Crippen molar-refractivity contribution >= 4 is 29.1 Å². The van der Waals surface area contributed by atoms with Crippen LogP contribution >= 0.6 is 11.6 Å². The number of hydrogen-bond acceptors (Lipinski definition) is 4. The fourth-order valence-corrected chi connectivity index (χ4v) is 2.93. The number of nitrogens with zero attached hydrogens (tertiary/aromatic N) is 1. The number of aryl methyl sites for hydroxylation is 2. The van der Waals surface area contributed by atoms with E-state index in [4.69, 9.17) is 16.3 Å². The Labute approximate surface area is 180 Å². The lowest BCUT2D eigenvalue weighted by atomic mass is 10.1. The summed E-state index contributed by atoms with van der Waals surface area (Å²) in [6.45, 7) is 4.05. The number of amides is 2. The molecule has 0 aliphatic heterocycles. The second-order valence-electron chi connectivity index (χ2n) is 6.83. The Morgan fingerprint density at radius 3 is 2.40 bits per heavy atom. The standard InChI is InChI=1S/C23H22ClN3O3/c1-15-10-20(11-16(2)22(15)24)30-14-21(28)27-19-7-5-17(6-8-19)12-26-23(29)18-4-3-9-25-13-18/h3-11,13H,12,14H2,1-2H3,(H,26,29)(H,27,28).